The van der Waals surface area contributed by atoms with E-state index >= 15 is 0 Å². The molecule has 110 valence electrons. The van der Waals surface area contributed by atoms with Crippen LogP contribution in [0.3, 0.4) is 0 Å². The van der Waals surface area contributed by atoms with Crippen LogP contribution in [0.2, 0.25) is 0 Å². The van der Waals surface area contributed by atoms with Crippen LogP contribution < -0.4 is 4.74 Å². The van der Waals surface area contributed by atoms with Gasteiger partial charge in [0.05, 0.1) is 4.47 Å². The molecule has 0 saturated carbocycles. The van der Waals surface area contributed by atoms with Crippen molar-refractivity contribution in [1.29, 1.82) is 0 Å². The van der Waals surface area contributed by atoms with Crippen molar-refractivity contribution < 1.29 is 9.53 Å². The molecule has 0 heterocycles. The summed E-state index contributed by atoms with van der Waals surface area (Å²) in [5.41, 5.74) is 5.20. The SMILES string of the molecule is Cc1ccc(OCC(=O)c2cc(C)c(C)cc2C)c(Br)c1. The van der Waals surface area contributed by atoms with E-state index in [0.29, 0.717) is 5.75 Å². The zero-order valence-electron chi connectivity index (χ0n) is 12.8. The van der Waals surface area contributed by atoms with E-state index in [1.54, 1.807) is 0 Å². The van der Waals surface area contributed by atoms with Gasteiger partial charge in [0.2, 0.25) is 0 Å². The van der Waals surface area contributed by atoms with Crippen LogP contribution >= 0.6 is 15.9 Å². The molecule has 0 fully saturated rings. The average Bonchev–Trinajstić information content (AvgIpc) is 2.41. The van der Waals surface area contributed by atoms with Crippen LogP contribution in [0.25, 0.3) is 0 Å². The van der Waals surface area contributed by atoms with Crippen molar-refractivity contribution in [2.75, 3.05) is 6.61 Å². The van der Waals surface area contributed by atoms with Gasteiger partial charge in [-0.3, -0.25) is 4.79 Å². The van der Waals surface area contributed by atoms with Crippen molar-refractivity contribution in [3.05, 3.63) is 62.6 Å². The lowest BCUT2D eigenvalue weighted by atomic mass is 9.98. The van der Waals surface area contributed by atoms with Crippen LogP contribution in [0.4, 0.5) is 0 Å². The number of hydrogen-bond acceptors (Lipinski definition) is 2. The monoisotopic (exact) mass is 346 g/mol. The largest absolute Gasteiger partial charge is 0.484 e. The third-order valence-corrected chi connectivity index (χ3v) is 4.21. The number of Topliss-reactive ketones (excluding diaryl/α,β-unsaturated/α-hetero) is 1. The fourth-order valence-electron chi connectivity index (χ4n) is 2.20. The zero-order valence-corrected chi connectivity index (χ0v) is 14.4. The molecule has 21 heavy (non-hydrogen) atoms. The van der Waals surface area contributed by atoms with E-state index in [4.69, 9.17) is 4.74 Å². The minimum Gasteiger partial charge on any atom is -0.484 e. The summed E-state index contributed by atoms with van der Waals surface area (Å²) in [5, 5.41) is 0. The second kappa shape index (κ2) is 6.44. The second-order valence-electron chi connectivity index (χ2n) is 5.40. The van der Waals surface area contributed by atoms with Gasteiger partial charge < -0.3 is 4.74 Å². The van der Waals surface area contributed by atoms with Crippen molar-refractivity contribution in [2.45, 2.75) is 27.7 Å². The third-order valence-electron chi connectivity index (χ3n) is 3.59. The molecule has 2 aromatic rings. The topological polar surface area (TPSA) is 26.3 Å². The molecule has 2 rings (SSSR count). The van der Waals surface area contributed by atoms with Crippen LogP contribution in [0.1, 0.15) is 32.6 Å². The van der Waals surface area contributed by atoms with Gasteiger partial charge in [0, 0.05) is 5.56 Å². The molecule has 0 atom stereocenters. The van der Waals surface area contributed by atoms with Crippen LogP contribution in [0.5, 0.6) is 5.75 Å². The van der Waals surface area contributed by atoms with E-state index < -0.39 is 0 Å². The highest BCUT2D eigenvalue weighted by molar-refractivity contribution is 9.10. The van der Waals surface area contributed by atoms with Crippen LogP contribution in [0.15, 0.2) is 34.8 Å². The van der Waals surface area contributed by atoms with E-state index in [-0.39, 0.29) is 12.4 Å². The summed E-state index contributed by atoms with van der Waals surface area (Å²) in [7, 11) is 0. The Hall–Kier alpha value is -1.61. The Kier molecular flexibility index (Phi) is 4.84. The number of ketones is 1. The van der Waals surface area contributed by atoms with Gasteiger partial charge >= 0.3 is 0 Å². The molecular formula is C18H19BrO2. The quantitative estimate of drug-likeness (QED) is 0.732. The molecule has 0 bridgehead atoms. The highest BCUT2D eigenvalue weighted by Gasteiger charge is 2.12. The van der Waals surface area contributed by atoms with Crippen LogP contribution in [-0.2, 0) is 0 Å². The van der Waals surface area contributed by atoms with E-state index in [2.05, 4.69) is 22.9 Å². The predicted molar refractivity (Wildman–Crippen MR) is 89.4 cm³/mol. The average molecular weight is 347 g/mol. The number of rotatable bonds is 4. The molecule has 0 aliphatic rings. The molecule has 3 heteroatoms. The summed E-state index contributed by atoms with van der Waals surface area (Å²) in [5.74, 6) is 0.693. The number of carbonyl (C=O) groups is 1. The van der Waals surface area contributed by atoms with Gasteiger partial charge in [-0.15, -0.1) is 0 Å². The first-order valence-corrected chi connectivity index (χ1v) is 7.68. The lowest BCUT2D eigenvalue weighted by Gasteiger charge is -2.11. The van der Waals surface area contributed by atoms with E-state index in [1.165, 1.54) is 5.56 Å². The fraction of sp³-hybridized carbons (Fsp3) is 0.278. The fourth-order valence-corrected chi connectivity index (χ4v) is 2.81. The Bertz CT molecular complexity index is 690. The Morgan fingerprint density at radius 1 is 1.00 bits per heavy atom. The number of benzene rings is 2. The molecule has 0 aliphatic heterocycles. The number of aryl methyl sites for hydroxylation is 4. The molecule has 0 radical (unpaired) electrons. The lowest BCUT2D eigenvalue weighted by molar-refractivity contribution is 0.0920. The first kappa shape index (κ1) is 15.8. The molecule has 0 unspecified atom stereocenters. The van der Waals surface area contributed by atoms with Gasteiger partial charge in [0.15, 0.2) is 12.4 Å². The Labute approximate surface area is 134 Å². The minimum absolute atomic E-state index is 0.00285. The summed E-state index contributed by atoms with van der Waals surface area (Å²) in [6.07, 6.45) is 0. The molecule has 0 amide bonds. The van der Waals surface area contributed by atoms with Gasteiger partial charge in [0.1, 0.15) is 5.75 Å². The van der Waals surface area contributed by atoms with E-state index in [1.807, 2.05) is 51.1 Å². The number of hydrogen-bond donors (Lipinski definition) is 0. The first-order chi connectivity index (χ1) is 9.88. The maximum absolute atomic E-state index is 12.3. The summed E-state index contributed by atoms with van der Waals surface area (Å²) in [6, 6.07) is 9.80. The Morgan fingerprint density at radius 3 is 2.33 bits per heavy atom. The Balaban J connectivity index is 2.13. The molecule has 0 aromatic heterocycles. The van der Waals surface area contributed by atoms with Crippen molar-refractivity contribution in [2.24, 2.45) is 0 Å². The maximum atomic E-state index is 12.3. The van der Waals surface area contributed by atoms with Crippen molar-refractivity contribution >= 4 is 21.7 Å². The van der Waals surface area contributed by atoms with Gasteiger partial charge in [-0.05, 0) is 84.1 Å². The highest BCUT2D eigenvalue weighted by Crippen LogP contribution is 2.26. The number of halogens is 1. The summed E-state index contributed by atoms with van der Waals surface area (Å²) < 4.78 is 6.50. The summed E-state index contributed by atoms with van der Waals surface area (Å²) >= 11 is 3.45. The standard InChI is InChI=1S/C18H19BrO2/c1-11-5-6-18(16(19)7-11)21-10-17(20)15-9-13(3)12(2)8-14(15)4/h5-9H,10H2,1-4H3. The number of ether oxygens (including phenoxy) is 1. The van der Waals surface area contributed by atoms with Crippen LogP contribution in [0, 0.1) is 27.7 Å². The normalized spacial score (nSPS) is 10.5. The lowest BCUT2D eigenvalue weighted by Crippen LogP contribution is -2.13. The Morgan fingerprint density at radius 2 is 1.67 bits per heavy atom. The van der Waals surface area contributed by atoms with Crippen molar-refractivity contribution in [3.8, 4) is 5.75 Å². The molecule has 2 aromatic carbocycles. The molecule has 0 aliphatic carbocycles. The van der Waals surface area contributed by atoms with Crippen molar-refractivity contribution in [1.82, 2.24) is 0 Å². The van der Waals surface area contributed by atoms with Gasteiger partial charge in [-0.25, -0.2) is 0 Å². The zero-order chi connectivity index (χ0) is 15.6. The van der Waals surface area contributed by atoms with Gasteiger partial charge in [-0.1, -0.05) is 12.1 Å². The highest BCUT2D eigenvalue weighted by atomic mass is 79.9. The molecular weight excluding hydrogens is 328 g/mol. The third kappa shape index (κ3) is 3.73. The molecule has 2 nitrogen and oxygen atoms in total. The van der Waals surface area contributed by atoms with Gasteiger partial charge in [0.25, 0.3) is 0 Å². The summed E-state index contributed by atoms with van der Waals surface area (Å²) in [4.78, 5) is 12.3. The molecule has 0 spiro atoms. The van der Waals surface area contributed by atoms with Crippen molar-refractivity contribution in [3.63, 3.8) is 0 Å². The minimum atomic E-state index is 0.00285. The second-order valence-corrected chi connectivity index (χ2v) is 6.25. The van der Waals surface area contributed by atoms with Crippen LogP contribution in [-0.4, -0.2) is 12.4 Å². The number of carbonyl (C=O) groups excluding carboxylic acids is 1. The molecule has 0 N–H and O–H groups in total. The predicted octanol–water partition coefficient (Wildman–Crippen LogP) is 4.94. The maximum Gasteiger partial charge on any atom is 0.200 e. The van der Waals surface area contributed by atoms with E-state index in [0.717, 1.165) is 26.7 Å². The summed E-state index contributed by atoms with van der Waals surface area (Å²) in [6.45, 7) is 8.09. The van der Waals surface area contributed by atoms with E-state index in [9.17, 15) is 4.79 Å². The molecule has 0 saturated heterocycles. The smallest absolute Gasteiger partial charge is 0.200 e. The first-order valence-electron chi connectivity index (χ1n) is 6.88. The van der Waals surface area contributed by atoms with Gasteiger partial charge in [-0.2, -0.15) is 0 Å².